The van der Waals surface area contributed by atoms with Crippen molar-refractivity contribution in [3.05, 3.63) is 103 Å². The summed E-state index contributed by atoms with van der Waals surface area (Å²) in [5, 5.41) is 12.9. The molecule has 4 aliphatic rings. The fraction of sp³-hybridized carbons (Fsp3) is 0.519. The van der Waals surface area contributed by atoms with Crippen LogP contribution in [0.4, 0.5) is 11.6 Å². The zero-order chi connectivity index (χ0) is 57.9. The lowest BCUT2D eigenvalue weighted by Gasteiger charge is -2.42. The lowest BCUT2D eigenvalue weighted by molar-refractivity contribution is -0.0547. The minimum Gasteiger partial charge on any atom is -0.409 e. The summed E-state index contributed by atoms with van der Waals surface area (Å²) in [7, 11) is -5.45. The maximum atomic E-state index is 14.2. The molecule has 2 bridgehead atoms. The van der Waals surface area contributed by atoms with E-state index in [2.05, 4.69) is 105 Å². The first-order valence-corrected chi connectivity index (χ1v) is 38.1. The SMILES string of the molecule is CC(C)(C)[Si](C)(C)O[C@@H]1[C@@H]2OP(O)(=S)OC[C@H]3O[C@@H](n4cnc5c(NC(=O)c6ccccc6)ncnc54)[C@H](OP(=S)(OCCC#N)OC[C@H]2C[C@H]1n1cc2c4c(ncnc41)N(C(=O)c1ccccc1)CCC2)[C@@H]3O[Si](C)(C)C(C)(C)C. The van der Waals surface area contributed by atoms with Crippen LogP contribution in [0.3, 0.4) is 0 Å². The fourth-order valence-electron chi connectivity index (χ4n) is 10.3. The third-order valence-corrected chi connectivity index (χ3v) is 29.4. The Morgan fingerprint density at radius 2 is 1.48 bits per heavy atom. The molecule has 2 amide bonds. The Kier molecular flexibility index (Phi) is 17.0. The second kappa shape index (κ2) is 23.1. The standard InChI is InChI=1S/C54H70N10O11P2S2Si2/c1-53(2,3)80(7,8)74-43-38(63-28-36-23-17-25-62(47-40(36)48(63)58-32-57-47)51(66)35-21-15-12-16-22-35)27-37-29-70-77(79,68-26-18-24-55)73-45-44(75-81(9,10)54(4,5)6)39(30-69-76(67,78)72-42(37)43)71-52(45)64-33-60-41-46(56-31-59-49(41)64)61-50(65)34-19-13-11-14-20-34/h11-16,19-22,28,31-33,37-39,42-45,52H,17-18,23,25-27,29-30H2,1-10H3,(H,67,78)(H,56,59,61,65)/t37-,38-,39-,42-,43+,44-,45-,52-,76?,77?/m1/s1. The van der Waals surface area contributed by atoms with Crippen molar-refractivity contribution >= 4 is 99.3 Å². The molecule has 27 heteroatoms. The van der Waals surface area contributed by atoms with Crippen LogP contribution in [0.1, 0.15) is 99.4 Å². The molecule has 0 spiro atoms. The summed E-state index contributed by atoms with van der Waals surface area (Å²) in [6.07, 6.45) is 2.14. The number of amides is 2. The molecule has 21 nitrogen and oxygen atoms in total. The number of carbonyl (C=O) groups excluding carboxylic acids is 2. The molecule has 7 heterocycles. The van der Waals surface area contributed by atoms with Gasteiger partial charge in [0.25, 0.3) is 11.8 Å². The molecular formula is C54H70N10O11P2S2Si2. The van der Waals surface area contributed by atoms with Gasteiger partial charge in [-0.25, -0.2) is 24.9 Å². The molecular weight excluding hydrogens is 1150 g/mol. The minimum absolute atomic E-state index is 0.0228. The molecule has 2 saturated heterocycles. The summed E-state index contributed by atoms with van der Waals surface area (Å²) in [5.74, 6) is -0.473. The van der Waals surface area contributed by atoms with Crippen molar-refractivity contribution in [2.75, 3.05) is 36.6 Å². The van der Waals surface area contributed by atoms with Gasteiger partial charge < -0.3 is 46.5 Å². The van der Waals surface area contributed by atoms with E-state index in [9.17, 15) is 19.7 Å². The first-order valence-electron chi connectivity index (χ1n) is 27.2. The van der Waals surface area contributed by atoms with Crippen molar-refractivity contribution in [3.8, 4) is 6.07 Å². The maximum absolute atomic E-state index is 14.2. The van der Waals surface area contributed by atoms with Gasteiger partial charge in [0.2, 0.25) is 0 Å². The summed E-state index contributed by atoms with van der Waals surface area (Å²) >= 11 is 12.5. The van der Waals surface area contributed by atoms with Crippen LogP contribution in [0.15, 0.2) is 85.8 Å². The van der Waals surface area contributed by atoms with E-state index >= 15 is 0 Å². The van der Waals surface area contributed by atoms with Crippen LogP contribution < -0.4 is 10.2 Å². The van der Waals surface area contributed by atoms with E-state index in [1.54, 1.807) is 45.9 Å². The molecule has 432 valence electrons. The first kappa shape index (κ1) is 59.6. The van der Waals surface area contributed by atoms with Gasteiger partial charge in [0.1, 0.15) is 42.4 Å². The smallest absolute Gasteiger partial charge is 0.327 e. The van der Waals surface area contributed by atoms with Gasteiger partial charge in [-0.2, -0.15) is 5.26 Å². The number of nitriles is 1. The quantitative estimate of drug-likeness (QED) is 0.0657. The Labute approximate surface area is 484 Å². The molecule has 10 atom stereocenters. The number of hydrogen-bond donors (Lipinski definition) is 2. The zero-order valence-electron chi connectivity index (χ0n) is 47.1. The van der Waals surface area contributed by atoms with E-state index < -0.39 is 84.7 Å². The molecule has 3 aliphatic heterocycles. The van der Waals surface area contributed by atoms with Crippen LogP contribution in [0.5, 0.6) is 0 Å². The Morgan fingerprint density at radius 1 is 0.827 bits per heavy atom. The van der Waals surface area contributed by atoms with E-state index in [0.29, 0.717) is 48.4 Å². The number of benzene rings is 2. The summed E-state index contributed by atoms with van der Waals surface area (Å²) < 4.78 is 59.4. The minimum atomic E-state index is -4.24. The topological polar surface area (TPSA) is 242 Å². The summed E-state index contributed by atoms with van der Waals surface area (Å²) in [6.45, 7) is 13.0. The summed E-state index contributed by atoms with van der Waals surface area (Å²) in [5.41, 5.74) is 3.09. The number of nitrogens with one attached hydrogen (secondary N) is 1. The molecule has 3 fully saturated rings. The fourth-order valence-corrected chi connectivity index (χ4v) is 16.5. The predicted octanol–water partition coefficient (Wildman–Crippen LogP) is 10.5. The Balaban J connectivity index is 1.06. The molecule has 0 radical (unpaired) electrons. The van der Waals surface area contributed by atoms with Crippen LogP contribution in [-0.4, -0.2) is 124 Å². The number of fused-ring (bicyclic) bond motifs is 4. The van der Waals surface area contributed by atoms with Gasteiger partial charge in [-0.15, -0.1) is 0 Å². The van der Waals surface area contributed by atoms with Crippen LogP contribution in [-0.2, 0) is 66.2 Å². The lowest BCUT2D eigenvalue weighted by atomic mass is 10.1. The van der Waals surface area contributed by atoms with Gasteiger partial charge >= 0.3 is 13.4 Å². The second-order valence-corrected chi connectivity index (χ2v) is 39.2. The average Bonchev–Trinajstić information content (AvgIpc) is 4.35. The second-order valence-electron chi connectivity index (χ2n) is 24.0. The van der Waals surface area contributed by atoms with Gasteiger partial charge in [0, 0.05) is 29.8 Å². The number of carbonyl (C=O) groups is 2. The van der Waals surface area contributed by atoms with Crippen molar-refractivity contribution in [1.82, 2.24) is 34.1 Å². The number of aryl methyl sites for hydroxylation is 1. The lowest BCUT2D eigenvalue weighted by Crippen LogP contribution is -2.50. The van der Waals surface area contributed by atoms with Crippen molar-refractivity contribution in [2.45, 2.75) is 146 Å². The van der Waals surface area contributed by atoms with Crippen LogP contribution in [0.2, 0.25) is 36.3 Å². The first-order chi connectivity index (χ1) is 38.3. The van der Waals surface area contributed by atoms with Crippen molar-refractivity contribution in [2.24, 2.45) is 5.92 Å². The Bertz CT molecular complexity index is 3450. The van der Waals surface area contributed by atoms with E-state index in [1.807, 2.05) is 24.3 Å². The molecule has 2 aromatic carbocycles. The van der Waals surface area contributed by atoms with Crippen molar-refractivity contribution in [1.29, 1.82) is 5.26 Å². The normalized spacial score (nSPS) is 27.7. The number of anilines is 2. The molecule has 1 saturated carbocycles. The summed E-state index contributed by atoms with van der Waals surface area (Å²) in [4.78, 5) is 65.3. The molecule has 10 rings (SSSR count). The van der Waals surface area contributed by atoms with Gasteiger partial charge in [-0.05, 0) is 109 Å². The van der Waals surface area contributed by atoms with Crippen LogP contribution in [0, 0.1) is 17.2 Å². The average molecular weight is 1220 g/mol. The van der Waals surface area contributed by atoms with Gasteiger partial charge in [0.05, 0.1) is 62.3 Å². The number of nitrogens with zero attached hydrogens (tertiary/aromatic N) is 9. The van der Waals surface area contributed by atoms with Crippen molar-refractivity contribution < 1.29 is 50.7 Å². The summed E-state index contributed by atoms with van der Waals surface area (Å²) in [6, 6.07) is 19.6. The Hall–Kier alpha value is -4.59. The number of ether oxygens (including phenoxy) is 1. The monoisotopic (exact) mass is 1220 g/mol. The van der Waals surface area contributed by atoms with Crippen LogP contribution >= 0.6 is 13.4 Å². The molecule has 4 aromatic heterocycles. The van der Waals surface area contributed by atoms with Gasteiger partial charge in [-0.1, -0.05) is 77.9 Å². The number of hydrogen-bond acceptors (Lipinski definition) is 18. The molecule has 6 aromatic rings. The predicted molar refractivity (Wildman–Crippen MR) is 318 cm³/mol. The van der Waals surface area contributed by atoms with E-state index in [4.69, 9.17) is 69.8 Å². The maximum Gasteiger partial charge on any atom is 0.327 e. The zero-order valence-corrected chi connectivity index (χ0v) is 52.5. The highest BCUT2D eigenvalue weighted by molar-refractivity contribution is 8.07. The number of imidazole rings is 1. The molecule has 2 N–H and O–H groups in total. The largest absolute Gasteiger partial charge is 0.409 e. The number of rotatable bonds is 12. The third kappa shape index (κ3) is 12.2. The Morgan fingerprint density at radius 3 is 2.16 bits per heavy atom. The highest BCUT2D eigenvalue weighted by Crippen LogP contribution is 2.60. The van der Waals surface area contributed by atoms with Crippen molar-refractivity contribution in [3.63, 3.8) is 0 Å². The van der Waals surface area contributed by atoms with E-state index in [0.717, 1.165) is 10.9 Å². The van der Waals surface area contributed by atoms with E-state index in [-0.39, 0.29) is 59.2 Å². The highest BCUT2D eigenvalue weighted by Gasteiger charge is 2.57. The molecule has 2 unspecified atom stereocenters. The van der Waals surface area contributed by atoms with Crippen LogP contribution in [0.25, 0.3) is 22.2 Å². The molecule has 1 aliphatic carbocycles. The molecule has 81 heavy (non-hydrogen) atoms. The van der Waals surface area contributed by atoms with Gasteiger partial charge in [-0.3, -0.25) is 23.6 Å². The third-order valence-electron chi connectivity index (χ3n) is 16.6. The van der Waals surface area contributed by atoms with Gasteiger partial charge in [0.15, 0.2) is 39.8 Å². The van der Waals surface area contributed by atoms with E-state index in [1.165, 1.54) is 19.0 Å². The number of aromatic nitrogens is 7. The highest BCUT2D eigenvalue weighted by atomic mass is 32.5.